The molecule has 2 atom stereocenters. The quantitative estimate of drug-likeness (QED) is 0.840. The Balaban J connectivity index is 1.64. The number of methoxy groups -OCH3 is 1. The smallest absolute Gasteiger partial charge is 0.277 e. The van der Waals surface area contributed by atoms with Gasteiger partial charge in [0.2, 0.25) is 5.95 Å². The van der Waals surface area contributed by atoms with Crippen LogP contribution in [-0.4, -0.2) is 46.5 Å². The SMILES string of the molecule is CO[C@@H]1CCC[C@]12CCCN(C(=O)c1nc3ccc(C)cn3c1F)C2. The highest BCUT2D eigenvalue weighted by atomic mass is 19.1. The van der Waals surface area contributed by atoms with Crippen molar-refractivity contribution >= 4 is 11.6 Å². The molecule has 2 aliphatic rings. The minimum Gasteiger partial charge on any atom is -0.381 e. The standard InChI is InChI=1S/C19H24FN3O2/c1-13-6-7-15-21-16(17(20)23(15)11-13)18(24)22-10-4-9-19(12-22)8-3-5-14(19)25-2/h6-7,11,14H,3-5,8-10,12H2,1-2H3/t14-,19-/m1/s1. The zero-order valence-corrected chi connectivity index (χ0v) is 14.8. The van der Waals surface area contributed by atoms with Crippen molar-refractivity contribution in [2.75, 3.05) is 20.2 Å². The second-order valence-electron chi connectivity index (χ2n) is 7.50. The first-order valence-corrected chi connectivity index (χ1v) is 9.00. The Labute approximate surface area is 146 Å². The summed E-state index contributed by atoms with van der Waals surface area (Å²) >= 11 is 0. The minimum absolute atomic E-state index is 0.0227. The zero-order valence-electron chi connectivity index (χ0n) is 14.8. The molecular formula is C19H24FN3O2. The number of ether oxygens (including phenoxy) is 1. The van der Waals surface area contributed by atoms with Crippen LogP contribution in [0.2, 0.25) is 0 Å². The number of carbonyl (C=O) groups excluding carboxylic acids is 1. The molecule has 134 valence electrons. The maximum Gasteiger partial charge on any atom is 0.277 e. The van der Waals surface area contributed by atoms with E-state index in [-0.39, 0.29) is 23.1 Å². The van der Waals surface area contributed by atoms with Crippen molar-refractivity contribution in [2.24, 2.45) is 5.41 Å². The Bertz CT molecular complexity index is 818. The van der Waals surface area contributed by atoms with Crippen molar-refractivity contribution in [1.29, 1.82) is 0 Å². The number of carbonyl (C=O) groups is 1. The van der Waals surface area contributed by atoms with Gasteiger partial charge < -0.3 is 9.64 Å². The van der Waals surface area contributed by atoms with Crippen LogP contribution in [0.25, 0.3) is 5.65 Å². The van der Waals surface area contributed by atoms with Gasteiger partial charge in [-0.1, -0.05) is 12.5 Å². The number of aromatic nitrogens is 2. The fraction of sp³-hybridized carbons (Fsp3) is 0.579. The van der Waals surface area contributed by atoms with Gasteiger partial charge in [0.25, 0.3) is 5.91 Å². The molecule has 3 heterocycles. The number of aryl methyl sites for hydroxylation is 1. The number of fused-ring (bicyclic) bond motifs is 1. The van der Waals surface area contributed by atoms with Gasteiger partial charge in [-0.3, -0.25) is 9.20 Å². The summed E-state index contributed by atoms with van der Waals surface area (Å²) in [6.45, 7) is 3.18. The fourth-order valence-corrected chi connectivity index (χ4v) is 4.68. The predicted octanol–water partition coefficient (Wildman–Crippen LogP) is 3.20. The van der Waals surface area contributed by atoms with Gasteiger partial charge in [0.05, 0.1) is 6.10 Å². The topological polar surface area (TPSA) is 46.8 Å². The van der Waals surface area contributed by atoms with Crippen molar-refractivity contribution in [3.63, 3.8) is 0 Å². The van der Waals surface area contributed by atoms with E-state index in [2.05, 4.69) is 4.98 Å². The largest absolute Gasteiger partial charge is 0.381 e. The van der Waals surface area contributed by atoms with E-state index in [0.29, 0.717) is 18.7 Å². The maximum atomic E-state index is 14.8. The number of pyridine rings is 1. The lowest BCUT2D eigenvalue weighted by Gasteiger charge is -2.43. The van der Waals surface area contributed by atoms with E-state index < -0.39 is 5.95 Å². The van der Waals surface area contributed by atoms with Gasteiger partial charge in [-0.15, -0.1) is 0 Å². The average Bonchev–Trinajstić information content (AvgIpc) is 3.15. The molecule has 1 aliphatic heterocycles. The van der Waals surface area contributed by atoms with E-state index in [1.54, 1.807) is 24.3 Å². The first kappa shape index (κ1) is 16.5. The van der Waals surface area contributed by atoms with E-state index in [0.717, 1.165) is 37.7 Å². The third kappa shape index (κ3) is 2.63. The molecule has 1 aliphatic carbocycles. The highest BCUT2D eigenvalue weighted by molar-refractivity contribution is 5.93. The predicted molar refractivity (Wildman–Crippen MR) is 92.1 cm³/mol. The minimum atomic E-state index is -0.571. The van der Waals surface area contributed by atoms with Gasteiger partial charge in [0, 0.05) is 31.8 Å². The van der Waals surface area contributed by atoms with Crippen LogP contribution in [0.4, 0.5) is 4.39 Å². The maximum absolute atomic E-state index is 14.8. The number of amides is 1. The van der Waals surface area contributed by atoms with E-state index in [1.165, 1.54) is 4.40 Å². The molecule has 4 rings (SSSR count). The van der Waals surface area contributed by atoms with Crippen molar-refractivity contribution in [3.8, 4) is 0 Å². The Morgan fingerprint density at radius 1 is 1.36 bits per heavy atom. The monoisotopic (exact) mass is 345 g/mol. The van der Waals surface area contributed by atoms with Gasteiger partial charge >= 0.3 is 0 Å². The number of hydrogen-bond donors (Lipinski definition) is 0. The molecule has 2 aromatic heterocycles. The number of rotatable bonds is 2. The summed E-state index contributed by atoms with van der Waals surface area (Å²) < 4.78 is 21.8. The van der Waals surface area contributed by atoms with Crippen molar-refractivity contribution in [2.45, 2.75) is 45.1 Å². The molecule has 0 unspecified atom stereocenters. The van der Waals surface area contributed by atoms with Crippen LogP contribution in [0.15, 0.2) is 18.3 Å². The van der Waals surface area contributed by atoms with Gasteiger partial charge in [-0.2, -0.15) is 4.39 Å². The highest BCUT2D eigenvalue weighted by Crippen LogP contribution is 2.46. The third-order valence-electron chi connectivity index (χ3n) is 5.91. The second-order valence-corrected chi connectivity index (χ2v) is 7.50. The molecule has 2 aromatic rings. The number of imidazole rings is 1. The fourth-order valence-electron chi connectivity index (χ4n) is 4.68. The van der Waals surface area contributed by atoms with Crippen LogP contribution in [-0.2, 0) is 4.74 Å². The zero-order chi connectivity index (χ0) is 17.6. The molecule has 0 aromatic carbocycles. The lowest BCUT2D eigenvalue weighted by Crippen LogP contribution is -2.50. The molecule has 25 heavy (non-hydrogen) atoms. The Morgan fingerprint density at radius 3 is 2.96 bits per heavy atom. The number of nitrogens with zero attached hydrogens (tertiary/aromatic N) is 3. The number of piperidine rings is 1. The third-order valence-corrected chi connectivity index (χ3v) is 5.91. The van der Waals surface area contributed by atoms with Crippen molar-refractivity contribution < 1.29 is 13.9 Å². The molecule has 2 fully saturated rings. The summed E-state index contributed by atoms with van der Waals surface area (Å²) in [6.07, 6.45) is 7.11. The van der Waals surface area contributed by atoms with Crippen LogP contribution >= 0.6 is 0 Å². The van der Waals surface area contributed by atoms with Crippen LogP contribution in [0.1, 0.15) is 48.2 Å². The molecule has 1 saturated carbocycles. The molecule has 1 saturated heterocycles. The van der Waals surface area contributed by atoms with Gasteiger partial charge in [-0.25, -0.2) is 4.98 Å². The average molecular weight is 345 g/mol. The summed E-state index contributed by atoms with van der Waals surface area (Å²) in [4.78, 5) is 19.0. The first-order valence-electron chi connectivity index (χ1n) is 9.00. The Hall–Kier alpha value is -1.95. The molecule has 6 heteroatoms. The molecule has 1 amide bonds. The molecule has 1 spiro atoms. The summed E-state index contributed by atoms with van der Waals surface area (Å²) in [6, 6.07) is 3.61. The van der Waals surface area contributed by atoms with E-state index >= 15 is 0 Å². The Kier molecular flexibility index (Phi) is 4.02. The van der Waals surface area contributed by atoms with Crippen LogP contribution in [0.5, 0.6) is 0 Å². The molecular weight excluding hydrogens is 321 g/mol. The lowest BCUT2D eigenvalue weighted by molar-refractivity contribution is -0.0297. The lowest BCUT2D eigenvalue weighted by atomic mass is 9.76. The highest BCUT2D eigenvalue weighted by Gasteiger charge is 2.47. The van der Waals surface area contributed by atoms with Gasteiger partial charge in [-0.05, 0) is 44.2 Å². The second kappa shape index (κ2) is 6.09. The molecule has 0 bridgehead atoms. The first-order chi connectivity index (χ1) is 12.0. The number of halogens is 1. The summed E-state index contributed by atoms with van der Waals surface area (Å²) in [5, 5.41) is 0. The molecule has 0 N–H and O–H groups in total. The van der Waals surface area contributed by atoms with Crippen LogP contribution in [0, 0.1) is 18.3 Å². The van der Waals surface area contributed by atoms with Gasteiger partial charge in [0.15, 0.2) is 5.69 Å². The molecule has 5 nitrogen and oxygen atoms in total. The normalized spacial score (nSPS) is 26.7. The van der Waals surface area contributed by atoms with E-state index in [9.17, 15) is 9.18 Å². The van der Waals surface area contributed by atoms with Crippen molar-refractivity contribution in [3.05, 3.63) is 35.5 Å². The number of likely N-dealkylation sites (tertiary alicyclic amines) is 1. The van der Waals surface area contributed by atoms with Crippen molar-refractivity contribution in [1.82, 2.24) is 14.3 Å². The van der Waals surface area contributed by atoms with Gasteiger partial charge in [0.1, 0.15) is 5.65 Å². The Morgan fingerprint density at radius 2 is 2.16 bits per heavy atom. The summed E-state index contributed by atoms with van der Waals surface area (Å²) in [5.74, 6) is -0.877. The number of hydrogen-bond acceptors (Lipinski definition) is 3. The molecule has 0 radical (unpaired) electrons. The van der Waals surface area contributed by atoms with Crippen LogP contribution < -0.4 is 0 Å². The van der Waals surface area contributed by atoms with Crippen LogP contribution in [0.3, 0.4) is 0 Å². The summed E-state index contributed by atoms with van der Waals surface area (Å²) in [5.41, 5.74) is 1.34. The summed E-state index contributed by atoms with van der Waals surface area (Å²) in [7, 11) is 1.75. The van der Waals surface area contributed by atoms with E-state index in [1.807, 2.05) is 13.0 Å². The van der Waals surface area contributed by atoms with E-state index in [4.69, 9.17) is 4.74 Å².